The average Bonchev–Trinajstić information content (AvgIpc) is 2.52. The van der Waals surface area contributed by atoms with Gasteiger partial charge < -0.3 is 5.32 Å². The molecular formula is C19H32Cl2N2. The predicted molar refractivity (Wildman–Crippen MR) is 104 cm³/mol. The fraction of sp³-hybridized carbons (Fsp3) is 0.684. The molecule has 2 aliphatic rings. The second-order valence-corrected chi connectivity index (χ2v) is 6.99. The normalized spacial score (nSPS) is 21.1. The summed E-state index contributed by atoms with van der Waals surface area (Å²) in [6.45, 7) is 9.21. The molecule has 1 atom stereocenters. The van der Waals surface area contributed by atoms with Crippen molar-refractivity contribution < 1.29 is 0 Å². The number of hydrogen-bond acceptors (Lipinski definition) is 2. The van der Waals surface area contributed by atoms with Gasteiger partial charge in [-0.25, -0.2) is 0 Å². The van der Waals surface area contributed by atoms with Crippen LogP contribution in [0.1, 0.15) is 54.8 Å². The summed E-state index contributed by atoms with van der Waals surface area (Å²) >= 11 is 0. The van der Waals surface area contributed by atoms with E-state index in [1.54, 1.807) is 5.56 Å². The van der Waals surface area contributed by atoms with E-state index in [-0.39, 0.29) is 24.8 Å². The Balaban J connectivity index is 0.00000132. The number of nitrogens with zero attached hydrogens (tertiary/aromatic N) is 1. The predicted octanol–water partition coefficient (Wildman–Crippen LogP) is 4.67. The Hall–Kier alpha value is -0.280. The Morgan fingerprint density at radius 2 is 1.65 bits per heavy atom. The van der Waals surface area contributed by atoms with Crippen molar-refractivity contribution in [2.24, 2.45) is 5.92 Å². The lowest BCUT2D eigenvalue weighted by molar-refractivity contribution is 0.103. The van der Waals surface area contributed by atoms with Crippen molar-refractivity contribution in [1.29, 1.82) is 0 Å². The molecule has 2 fully saturated rings. The minimum atomic E-state index is 0. The lowest BCUT2D eigenvalue weighted by Crippen LogP contribution is -2.47. The largest absolute Gasteiger partial charge is 0.314 e. The molecule has 0 unspecified atom stereocenters. The van der Waals surface area contributed by atoms with Crippen molar-refractivity contribution in [3.05, 3.63) is 34.9 Å². The Morgan fingerprint density at radius 1 is 1.00 bits per heavy atom. The van der Waals surface area contributed by atoms with E-state index in [0.717, 1.165) is 19.0 Å². The van der Waals surface area contributed by atoms with Gasteiger partial charge in [0.2, 0.25) is 0 Å². The van der Waals surface area contributed by atoms with E-state index in [0.29, 0.717) is 6.04 Å². The minimum absolute atomic E-state index is 0. The number of rotatable bonds is 3. The standard InChI is InChI=1S/C19H30N2.2ClH/c1-15-8-9-18(16(2)14-15)19(17-6-4-3-5-7-17)21-12-10-20-11-13-21;;/h8-9,14,17,19-20H,3-7,10-13H2,1-2H3;2*1H/t19-;;/m1../s1. The van der Waals surface area contributed by atoms with Crippen LogP contribution in [-0.2, 0) is 0 Å². The molecule has 1 saturated heterocycles. The van der Waals surface area contributed by atoms with Crippen molar-refractivity contribution in [3.63, 3.8) is 0 Å². The third kappa shape index (κ3) is 5.09. The zero-order chi connectivity index (χ0) is 14.7. The fourth-order valence-electron chi connectivity index (χ4n) is 4.32. The van der Waals surface area contributed by atoms with Gasteiger partial charge in [-0.05, 0) is 43.7 Å². The van der Waals surface area contributed by atoms with E-state index >= 15 is 0 Å². The van der Waals surface area contributed by atoms with Crippen LogP contribution in [-0.4, -0.2) is 31.1 Å². The van der Waals surface area contributed by atoms with E-state index in [1.807, 2.05) is 0 Å². The van der Waals surface area contributed by atoms with Gasteiger partial charge in [0, 0.05) is 32.2 Å². The molecule has 0 radical (unpaired) electrons. The van der Waals surface area contributed by atoms with E-state index in [1.165, 1.54) is 56.3 Å². The molecule has 1 N–H and O–H groups in total. The van der Waals surface area contributed by atoms with E-state index in [9.17, 15) is 0 Å². The maximum atomic E-state index is 3.51. The molecule has 1 heterocycles. The molecular weight excluding hydrogens is 327 g/mol. The molecule has 4 heteroatoms. The van der Waals surface area contributed by atoms with Gasteiger partial charge in [-0.3, -0.25) is 4.90 Å². The Bertz CT molecular complexity index is 448. The highest BCUT2D eigenvalue weighted by atomic mass is 35.5. The van der Waals surface area contributed by atoms with Gasteiger partial charge in [-0.15, -0.1) is 24.8 Å². The quantitative estimate of drug-likeness (QED) is 0.843. The highest BCUT2D eigenvalue weighted by Crippen LogP contribution is 2.39. The van der Waals surface area contributed by atoms with Gasteiger partial charge in [-0.2, -0.15) is 0 Å². The van der Waals surface area contributed by atoms with Crippen molar-refractivity contribution in [3.8, 4) is 0 Å². The highest BCUT2D eigenvalue weighted by Gasteiger charge is 2.31. The van der Waals surface area contributed by atoms with E-state index in [4.69, 9.17) is 0 Å². The highest BCUT2D eigenvalue weighted by molar-refractivity contribution is 5.85. The van der Waals surface area contributed by atoms with Crippen molar-refractivity contribution in [2.75, 3.05) is 26.2 Å². The van der Waals surface area contributed by atoms with Crippen LogP contribution >= 0.6 is 24.8 Å². The summed E-state index contributed by atoms with van der Waals surface area (Å²) in [5.74, 6) is 0.859. The molecule has 2 nitrogen and oxygen atoms in total. The minimum Gasteiger partial charge on any atom is -0.314 e. The third-order valence-corrected chi connectivity index (χ3v) is 5.39. The molecule has 132 valence electrons. The molecule has 23 heavy (non-hydrogen) atoms. The van der Waals surface area contributed by atoms with Crippen LogP contribution in [0, 0.1) is 19.8 Å². The van der Waals surface area contributed by atoms with Gasteiger partial charge in [0.05, 0.1) is 0 Å². The second kappa shape index (κ2) is 9.88. The topological polar surface area (TPSA) is 15.3 Å². The van der Waals surface area contributed by atoms with Crippen LogP contribution in [0.25, 0.3) is 0 Å². The van der Waals surface area contributed by atoms with E-state index < -0.39 is 0 Å². The van der Waals surface area contributed by atoms with Gasteiger partial charge in [-0.1, -0.05) is 43.0 Å². The molecule has 1 saturated carbocycles. The fourth-order valence-corrected chi connectivity index (χ4v) is 4.32. The van der Waals surface area contributed by atoms with Crippen LogP contribution < -0.4 is 5.32 Å². The Labute approximate surface area is 154 Å². The lowest BCUT2D eigenvalue weighted by atomic mass is 9.79. The van der Waals surface area contributed by atoms with Crippen LogP contribution in [0.5, 0.6) is 0 Å². The summed E-state index contributed by atoms with van der Waals surface area (Å²) in [4.78, 5) is 2.75. The maximum absolute atomic E-state index is 3.51. The first-order valence-electron chi connectivity index (χ1n) is 8.77. The van der Waals surface area contributed by atoms with Gasteiger partial charge >= 0.3 is 0 Å². The lowest BCUT2D eigenvalue weighted by Gasteiger charge is -2.42. The summed E-state index contributed by atoms with van der Waals surface area (Å²) < 4.78 is 0. The monoisotopic (exact) mass is 358 g/mol. The number of nitrogens with one attached hydrogen (secondary N) is 1. The number of benzene rings is 1. The maximum Gasteiger partial charge on any atom is 0.0379 e. The first kappa shape index (κ1) is 20.8. The Kier molecular flexibility index (Phi) is 8.92. The van der Waals surface area contributed by atoms with Crippen LogP contribution in [0.4, 0.5) is 0 Å². The first-order valence-corrected chi connectivity index (χ1v) is 8.77. The number of hydrogen-bond donors (Lipinski definition) is 1. The summed E-state index contributed by atoms with van der Waals surface area (Å²) in [5, 5.41) is 3.51. The molecule has 1 aromatic rings. The molecule has 0 aromatic heterocycles. The number of aryl methyl sites for hydroxylation is 2. The SMILES string of the molecule is Cc1ccc([C@@H](C2CCCCC2)N2CCNCC2)c(C)c1.Cl.Cl. The van der Waals surface area contributed by atoms with Crippen molar-refractivity contribution in [1.82, 2.24) is 10.2 Å². The molecule has 1 aliphatic carbocycles. The zero-order valence-corrected chi connectivity index (χ0v) is 16.1. The summed E-state index contributed by atoms with van der Waals surface area (Å²) in [6, 6.07) is 7.73. The van der Waals surface area contributed by atoms with Crippen LogP contribution in [0.15, 0.2) is 18.2 Å². The van der Waals surface area contributed by atoms with Crippen molar-refractivity contribution in [2.45, 2.75) is 52.0 Å². The van der Waals surface area contributed by atoms with Gasteiger partial charge in [0.25, 0.3) is 0 Å². The van der Waals surface area contributed by atoms with Gasteiger partial charge in [0.15, 0.2) is 0 Å². The van der Waals surface area contributed by atoms with E-state index in [2.05, 4.69) is 42.3 Å². The Morgan fingerprint density at radius 3 is 2.26 bits per heavy atom. The smallest absolute Gasteiger partial charge is 0.0379 e. The molecule has 0 bridgehead atoms. The van der Waals surface area contributed by atoms with Crippen molar-refractivity contribution >= 4 is 24.8 Å². The summed E-state index contributed by atoms with van der Waals surface area (Å²) in [6.07, 6.45) is 7.14. The molecule has 3 rings (SSSR count). The summed E-state index contributed by atoms with van der Waals surface area (Å²) in [7, 11) is 0. The number of piperazine rings is 1. The first-order chi connectivity index (χ1) is 10.3. The molecule has 0 amide bonds. The molecule has 1 aliphatic heterocycles. The summed E-state index contributed by atoms with van der Waals surface area (Å²) in [5.41, 5.74) is 4.47. The average molecular weight is 359 g/mol. The number of halogens is 2. The molecule has 1 aromatic carbocycles. The molecule has 0 spiro atoms. The zero-order valence-electron chi connectivity index (χ0n) is 14.5. The van der Waals surface area contributed by atoms with Crippen LogP contribution in [0.2, 0.25) is 0 Å². The van der Waals surface area contributed by atoms with Crippen LogP contribution in [0.3, 0.4) is 0 Å². The third-order valence-electron chi connectivity index (χ3n) is 5.39. The van der Waals surface area contributed by atoms with Gasteiger partial charge in [0.1, 0.15) is 0 Å². The second-order valence-electron chi connectivity index (χ2n) is 6.99.